The predicted molar refractivity (Wildman–Crippen MR) is 51.2 cm³/mol. The zero-order valence-electron chi connectivity index (χ0n) is 9.17. The summed E-state index contributed by atoms with van der Waals surface area (Å²) in [5, 5.41) is 0. The van der Waals surface area contributed by atoms with Crippen LogP contribution in [0.5, 0.6) is 0 Å². The van der Waals surface area contributed by atoms with Crippen molar-refractivity contribution in [3.8, 4) is 0 Å². The van der Waals surface area contributed by atoms with Crippen LogP contribution in [0.3, 0.4) is 0 Å². The largest absolute Gasteiger partial charge is 0.457 e. The summed E-state index contributed by atoms with van der Waals surface area (Å²) in [4.78, 5) is 10.6. The Morgan fingerprint density at radius 2 is 1.80 bits per heavy atom. The van der Waals surface area contributed by atoms with Crippen LogP contribution in [0.1, 0.15) is 0 Å². The third-order valence-corrected chi connectivity index (χ3v) is 1.17. The average molecular weight is 228 g/mol. The minimum absolute atomic E-state index is 0.349. The van der Waals surface area contributed by atoms with Crippen molar-refractivity contribution in [1.29, 1.82) is 0 Å². The van der Waals surface area contributed by atoms with E-state index in [2.05, 4.69) is 6.58 Å². The second kappa shape index (κ2) is 8.28. The molecule has 0 aliphatic carbocycles. The van der Waals surface area contributed by atoms with Gasteiger partial charge in [0.2, 0.25) is 0 Å². The number of quaternary nitrogens is 1. The number of halogens is 3. The lowest BCUT2D eigenvalue weighted by atomic mass is 10.5. The molecular weight excluding hydrogens is 211 g/mol. The first-order chi connectivity index (χ1) is 6.69. The molecule has 0 radical (unpaired) electrons. The summed E-state index contributed by atoms with van der Waals surface area (Å²) in [5.74, 6) is -0.349. The predicted octanol–water partition coefficient (Wildman–Crippen LogP) is 1.60. The van der Waals surface area contributed by atoms with Crippen LogP contribution in [0.15, 0.2) is 12.7 Å². The minimum Gasteiger partial charge on any atom is -0.457 e. The zero-order chi connectivity index (χ0) is 12.5. The van der Waals surface area contributed by atoms with Crippen LogP contribution in [-0.2, 0) is 9.53 Å². The topological polar surface area (TPSA) is 26.3 Å². The van der Waals surface area contributed by atoms with E-state index in [0.717, 1.165) is 11.0 Å². The molecule has 0 aliphatic rings. The van der Waals surface area contributed by atoms with Gasteiger partial charge >= 0.3 is 12.6 Å². The van der Waals surface area contributed by atoms with E-state index in [0.29, 0.717) is 6.61 Å². The zero-order valence-corrected chi connectivity index (χ0v) is 9.17. The molecule has 0 amide bonds. The maximum absolute atomic E-state index is 10.6. The maximum Gasteiger partial charge on any atom is 0.379 e. The standard InChI is InChI=1S/C8H16NO2.CHF3/c1-5-8(10)11-7-6-9(2,3)4;2-1(3)4/h5H,1,6-7H2,2-4H3;1H/q+1;. The molecular formula is C9H17F3NO2+. The molecule has 0 aliphatic heterocycles. The van der Waals surface area contributed by atoms with Crippen LogP contribution in [0, 0.1) is 0 Å². The molecule has 0 rings (SSSR count). The first-order valence-corrected chi connectivity index (χ1v) is 4.21. The molecule has 0 aromatic rings. The molecule has 0 heterocycles. The Bertz CT molecular complexity index is 188. The highest BCUT2D eigenvalue weighted by molar-refractivity contribution is 5.81. The van der Waals surface area contributed by atoms with Crippen molar-refractivity contribution in [1.82, 2.24) is 0 Å². The molecule has 0 atom stereocenters. The highest BCUT2D eigenvalue weighted by Gasteiger charge is 2.06. The molecule has 0 aromatic heterocycles. The second-order valence-electron chi connectivity index (χ2n) is 3.63. The smallest absolute Gasteiger partial charge is 0.379 e. The van der Waals surface area contributed by atoms with Crippen LogP contribution < -0.4 is 0 Å². The summed E-state index contributed by atoms with van der Waals surface area (Å²) in [6, 6.07) is 0. The van der Waals surface area contributed by atoms with Crippen molar-refractivity contribution in [2.24, 2.45) is 0 Å². The summed E-state index contributed by atoms with van der Waals surface area (Å²) >= 11 is 0. The van der Waals surface area contributed by atoms with Crippen LogP contribution in [0.25, 0.3) is 0 Å². The van der Waals surface area contributed by atoms with Crippen molar-refractivity contribution in [3.63, 3.8) is 0 Å². The number of rotatable bonds is 4. The van der Waals surface area contributed by atoms with Crippen molar-refractivity contribution in [2.45, 2.75) is 6.68 Å². The van der Waals surface area contributed by atoms with E-state index in [1.807, 2.05) is 21.1 Å². The Labute approximate surface area is 87.7 Å². The Kier molecular flexibility index (Phi) is 9.05. The summed E-state index contributed by atoms with van der Waals surface area (Å²) < 4.78 is 34.6. The quantitative estimate of drug-likeness (QED) is 0.415. The number of hydrogen-bond donors (Lipinski definition) is 0. The van der Waals surface area contributed by atoms with Gasteiger partial charge in [-0.2, -0.15) is 13.2 Å². The summed E-state index contributed by atoms with van der Waals surface area (Å²) in [6.07, 6.45) is 1.18. The van der Waals surface area contributed by atoms with Gasteiger partial charge in [0.1, 0.15) is 13.2 Å². The third kappa shape index (κ3) is 24.6. The molecule has 15 heavy (non-hydrogen) atoms. The van der Waals surface area contributed by atoms with Gasteiger partial charge in [0.05, 0.1) is 21.1 Å². The Morgan fingerprint density at radius 1 is 1.40 bits per heavy atom. The molecule has 0 saturated carbocycles. The fourth-order valence-corrected chi connectivity index (χ4v) is 0.479. The first kappa shape index (κ1) is 16.4. The van der Waals surface area contributed by atoms with Crippen LogP contribution >= 0.6 is 0 Å². The van der Waals surface area contributed by atoms with E-state index in [1.54, 1.807) is 0 Å². The number of hydrogen-bond acceptors (Lipinski definition) is 2. The molecule has 3 nitrogen and oxygen atoms in total. The van der Waals surface area contributed by atoms with Gasteiger partial charge in [-0.15, -0.1) is 0 Å². The first-order valence-electron chi connectivity index (χ1n) is 4.21. The lowest BCUT2D eigenvalue weighted by Gasteiger charge is -2.23. The third-order valence-electron chi connectivity index (χ3n) is 1.17. The van der Waals surface area contributed by atoms with E-state index in [9.17, 15) is 18.0 Å². The molecule has 90 valence electrons. The lowest BCUT2D eigenvalue weighted by molar-refractivity contribution is -0.870. The second-order valence-corrected chi connectivity index (χ2v) is 3.63. The fourth-order valence-electron chi connectivity index (χ4n) is 0.479. The van der Waals surface area contributed by atoms with Crippen LogP contribution in [0.4, 0.5) is 13.2 Å². The highest BCUT2D eigenvalue weighted by atomic mass is 19.4. The molecule has 0 bridgehead atoms. The van der Waals surface area contributed by atoms with Gasteiger partial charge in [0, 0.05) is 6.08 Å². The molecule has 6 heteroatoms. The van der Waals surface area contributed by atoms with Crippen molar-refractivity contribution >= 4 is 5.97 Å². The maximum atomic E-state index is 10.6. The van der Waals surface area contributed by atoms with Crippen LogP contribution in [0.2, 0.25) is 0 Å². The fraction of sp³-hybridized carbons (Fsp3) is 0.667. The van der Waals surface area contributed by atoms with Gasteiger partial charge in [-0.1, -0.05) is 6.58 Å². The summed E-state index contributed by atoms with van der Waals surface area (Å²) in [5.41, 5.74) is 0. The van der Waals surface area contributed by atoms with Gasteiger partial charge < -0.3 is 9.22 Å². The number of esters is 1. The van der Waals surface area contributed by atoms with E-state index in [1.165, 1.54) is 6.08 Å². The number of alkyl halides is 3. The normalized spacial score (nSPS) is 10.3. The lowest BCUT2D eigenvalue weighted by Crippen LogP contribution is -2.37. The minimum atomic E-state index is -3.67. The molecule has 0 saturated heterocycles. The number of carbonyl (C=O) groups is 1. The van der Waals surface area contributed by atoms with Gasteiger partial charge in [-0.05, 0) is 0 Å². The van der Waals surface area contributed by atoms with Gasteiger partial charge in [-0.25, -0.2) is 4.79 Å². The van der Waals surface area contributed by atoms with Gasteiger partial charge in [0.15, 0.2) is 0 Å². The van der Waals surface area contributed by atoms with E-state index >= 15 is 0 Å². The molecule has 0 aromatic carbocycles. The summed E-state index contributed by atoms with van der Waals surface area (Å²) in [6.45, 7) is 0.901. The van der Waals surface area contributed by atoms with Crippen molar-refractivity contribution < 1.29 is 27.2 Å². The highest BCUT2D eigenvalue weighted by Crippen LogP contribution is 1.89. The van der Waals surface area contributed by atoms with E-state index < -0.39 is 6.68 Å². The Hall–Kier alpha value is -1.04. The van der Waals surface area contributed by atoms with E-state index in [-0.39, 0.29) is 5.97 Å². The summed E-state index contributed by atoms with van der Waals surface area (Å²) in [7, 11) is 6.13. The SMILES string of the molecule is C=CC(=O)OCC[N+](C)(C)C.FC(F)F. The average Bonchev–Trinajstić information content (AvgIpc) is 2.00. The van der Waals surface area contributed by atoms with Crippen LogP contribution in [-0.4, -0.2) is 51.4 Å². The Balaban J connectivity index is 0. The number of nitrogens with zero attached hydrogens (tertiary/aromatic N) is 1. The van der Waals surface area contributed by atoms with Gasteiger partial charge in [0.25, 0.3) is 0 Å². The van der Waals surface area contributed by atoms with Crippen molar-refractivity contribution in [3.05, 3.63) is 12.7 Å². The monoisotopic (exact) mass is 228 g/mol. The molecule has 0 spiro atoms. The number of ether oxygens (including phenoxy) is 1. The molecule has 0 N–H and O–H groups in total. The van der Waals surface area contributed by atoms with Crippen molar-refractivity contribution in [2.75, 3.05) is 34.3 Å². The molecule has 0 unspecified atom stereocenters. The number of likely N-dealkylation sites (N-methyl/N-ethyl adjacent to an activating group) is 1. The van der Waals surface area contributed by atoms with E-state index in [4.69, 9.17) is 4.74 Å². The van der Waals surface area contributed by atoms with Gasteiger partial charge in [-0.3, -0.25) is 0 Å². The number of carbonyl (C=O) groups excluding carboxylic acids is 1. The Morgan fingerprint density at radius 3 is 2.07 bits per heavy atom. The molecule has 0 fully saturated rings.